The summed E-state index contributed by atoms with van der Waals surface area (Å²) in [6, 6.07) is 24.3. The van der Waals surface area contributed by atoms with Gasteiger partial charge in [0.1, 0.15) is 5.75 Å². The van der Waals surface area contributed by atoms with Crippen molar-refractivity contribution in [1.82, 2.24) is 5.32 Å². The number of hydrogen-bond acceptors (Lipinski definition) is 3. The highest BCUT2D eigenvalue weighted by molar-refractivity contribution is 5.93. The fraction of sp³-hybridized carbons (Fsp3) is 0.120. The summed E-state index contributed by atoms with van der Waals surface area (Å²) in [6.07, 6.45) is 2.33. The topological polar surface area (TPSA) is 79.5 Å². The first-order chi connectivity index (χ1) is 15.1. The van der Waals surface area contributed by atoms with Crippen molar-refractivity contribution in [3.05, 3.63) is 103 Å². The number of amides is 3. The van der Waals surface area contributed by atoms with Crippen LogP contribution in [0.5, 0.6) is 5.75 Å². The highest BCUT2D eigenvalue weighted by Gasteiger charge is 2.08. The lowest BCUT2D eigenvalue weighted by atomic mass is 10.0. The molecule has 3 amide bonds. The Kier molecular flexibility index (Phi) is 7.83. The largest absolute Gasteiger partial charge is 0.483 e. The molecule has 0 saturated carbocycles. The maximum Gasteiger partial charge on any atom is 0.319 e. The zero-order valence-corrected chi connectivity index (χ0v) is 17.1. The van der Waals surface area contributed by atoms with E-state index in [0.717, 1.165) is 12.0 Å². The van der Waals surface area contributed by atoms with Crippen LogP contribution in [0.4, 0.5) is 16.2 Å². The lowest BCUT2D eigenvalue weighted by molar-refractivity contribution is -0.118. The Labute approximate surface area is 181 Å². The third kappa shape index (κ3) is 7.04. The highest BCUT2D eigenvalue weighted by atomic mass is 16.5. The number of nitrogens with one attached hydrogen (secondary N) is 3. The van der Waals surface area contributed by atoms with E-state index in [-0.39, 0.29) is 18.5 Å². The van der Waals surface area contributed by atoms with Gasteiger partial charge < -0.3 is 20.7 Å². The van der Waals surface area contributed by atoms with Gasteiger partial charge in [0.25, 0.3) is 5.91 Å². The first-order valence-corrected chi connectivity index (χ1v) is 9.94. The minimum atomic E-state index is -0.320. The van der Waals surface area contributed by atoms with Crippen molar-refractivity contribution in [3.63, 3.8) is 0 Å². The van der Waals surface area contributed by atoms with Gasteiger partial charge in [-0.2, -0.15) is 0 Å². The van der Waals surface area contributed by atoms with Crippen molar-refractivity contribution >= 4 is 23.3 Å². The summed E-state index contributed by atoms with van der Waals surface area (Å²) in [5, 5.41) is 8.11. The predicted molar refractivity (Wildman–Crippen MR) is 123 cm³/mol. The molecule has 0 aliphatic carbocycles. The van der Waals surface area contributed by atoms with Crippen molar-refractivity contribution in [2.75, 3.05) is 23.8 Å². The molecule has 3 rings (SSSR count). The Morgan fingerprint density at radius 3 is 2.19 bits per heavy atom. The van der Waals surface area contributed by atoms with Gasteiger partial charge in [0.2, 0.25) is 0 Å². The molecule has 0 aliphatic heterocycles. The molecular formula is C25H25N3O3. The molecule has 31 heavy (non-hydrogen) atoms. The fourth-order valence-electron chi connectivity index (χ4n) is 2.92. The van der Waals surface area contributed by atoms with E-state index in [0.29, 0.717) is 23.7 Å². The van der Waals surface area contributed by atoms with Crippen LogP contribution in [0.25, 0.3) is 0 Å². The van der Waals surface area contributed by atoms with Gasteiger partial charge in [0, 0.05) is 24.3 Å². The number of para-hydroxylation sites is 1. The lowest BCUT2D eigenvalue weighted by Gasteiger charge is -2.12. The van der Waals surface area contributed by atoms with Crippen molar-refractivity contribution < 1.29 is 14.3 Å². The number of hydrogen-bond donors (Lipinski definition) is 3. The van der Waals surface area contributed by atoms with E-state index in [1.165, 1.54) is 5.56 Å². The first-order valence-electron chi connectivity index (χ1n) is 9.94. The number of benzene rings is 3. The maximum absolute atomic E-state index is 12.3. The van der Waals surface area contributed by atoms with Crippen LogP contribution >= 0.6 is 0 Å². The second kappa shape index (κ2) is 11.2. The molecule has 0 unspecified atom stereocenters. The second-order valence-corrected chi connectivity index (χ2v) is 6.81. The summed E-state index contributed by atoms with van der Waals surface area (Å²) < 4.78 is 5.77. The van der Waals surface area contributed by atoms with E-state index >= 15 is 0 Å². The number of carbonyl (C=O) groups is 2. The normalized spacial score (nSPS) is 10.1. The predicted octanol–water partition coefficient (Wildman–Crippen LogP) is 4.60. The number of ether oxygens (including phenoxy) is 1. The van der Waals surface area contributed by atoms with Crippen LogP contribution in [0.1, 0.15) is 11.1 Å². The monoisotopic (exact) mass is 415 g/mol. The van der Waals surface area contributed by atoms with Crippen LogP contribution in [0.2, 0.25) is 0 Å². The van der Waals surface area contributed by atoms with E-state index in [2.05, 4.69) is 34.7 Å². The number of anilines is 2. The molecule has 0 heterocycles. The third-order valence-electron chi connectivity index (χ3n) is 4.40. The number of carbonyl (C=O) groups excluding carboxylic acids is 2. The Bertz CT molecular complexity index is 1020. The van der Waals surface area contributed by atoms with Gasteiger partial charge in [-0.25, -0.2) is 4.79 Å². The lowest BCUT2D eigenvalue weighted by Crippen LogP contribution is -2.28. The van der Waals surface area contributed by atoms with E-state index in [1.54, 1.807) is 30.3 Å². The Balaban J connectivity index is 1.51. The molecule has 3 N–H and O–H groups in total. The Morgan fingerprint density at radius 2 is 1.48 bits per heavy atom. The van der Waals surface area contributed by atoms with E-state index in [4.69, 9.17) is 4.74 Å². The van der Waals surface area contributed by atoms with Gasteiger partial charge in [-0.15, -0.1) is 6.58 Å². The minimum Gasteiger partial charge on any atom is -0.483 e. The molecule has 0 aromatic heterocycles. The Hall–Kier alpha value is -4.06. The standard InChI is InChI=1S/C25H25N3O3/c1-2-16-26-25(30)28-22-14-12-21(13-15-22)27-24(29)18-31-23-11-7-6-10-20(23)17-19-8-4-3-5-9-19/h2-15H,1,16-18H2,(H,27,29)(H2,26,28,30). The molecule has 3 aromatic carbocycles. The zero-order valence-electron chi connectivity index (χ0n) is 17.1. The summed E-state index contributed by atoms with van der Waals surface area (Å²) >= 11 is 0. The van der Waals surface area contributed by atoms with Crippen LogP contribution in [0, 0.1) is 0 Å². The van der Waals surface area contributed by atoms with E-state index in [1.807, 2.05) is 42.5 Å². The van der Waals surface area contributed by atoms with Crippen molar-refractivity contribution in [3.8, 4) is 5.75 Å². The van der Waals surface area contributed by atoms with Gasteiger partial charge in [-0.1, -0.05) is 54.6 Å². The van der Waals surface area contributed by atoms with Crippen LogP contribution < -0.4 is 20.7 Å². The summed E-state index contributed by atoms with van der Waals surface area (Å²) in [7, 11) is 0. The summed E-state index contributed by atoms with van der Waals surface area (Å²) in [5.74, 6) is 0.422. The zero-order chi connectivity index (χ0) is 21.9. The maximum atomic E-state index is 12.3. The molecule has 3 aromatic rings. The minimum absolute atomic E-state index is 0.101. The van der Waals surface area contributed by atoms with Gasteiger partial charge in [-0.3, -0.25) is 4.79 Å². The average Bonchev–Trinajstić information content (AvgIpc) is 2.79. The smallest absolute Gasteiger partial charge is 0.319 e. The molecule has 158 valence electrons. The van der Waals surface area contributed by atoms with Gasteiger partial charge in [-0.05, 0) is 41.5 Å². The van der Waals surface area contributed by atoms with Crippen LogP contribution in [0.15, 0.2) is 91.5 Å². The molecule has 0 radical (unpaired) electrons. The third-order valence-corrected chi connectivity index (χ3v) is 4.40. The van der Waals surface area contributed by atoms with E-state index < -0.39 is 0 Å². The quantitative estimate of drug-likeness (QED) is 0.447. The van der Waals surface area contributed by atoms with Crippen LogP contribution in [-0.4, -0.2) is 25.1 Å². The van der Waals surface area contributed by atoms with Gasteiger partial charge >= 0.3 is 6.03 Å². The molecule has 0 atom stereocenters. The highest BCUT2D eigenvalue weighted by Crippen LogP contribution is 2.21. The molecular weight excluding hydrogens is 390 g/mol. The van der Waals surface area contributed by atoms with Gasteiger partial charge in [0.05, 0.1) is 0 Å². The summed E-state index contributed by atoms with van der Waals surface area (Å²) in [4.78, 5) is 24.0. The van der Waals surface area contributed by atoms with Crippen LogP contribution in [-0.2, 0) is 11.2 Å². The molecule has 0 aliphatic rings. The molecule has 0 bridgehead atoms. The summed E-state index contributed by atoms with van der Waals surface area (Å²) in [5.41, 5.74) is 3.43. The molecule has 0 saturated heterocycles. The van der Waals surface area contributed by atoms with Crippen LogP contribution in [0.3, 0.4) is 0 Å². The average molecular weight is 415 g/mol. The molecule has 0 fully saturated rings. The number of urea groups is 1. The molecule has 6 nitrogen and oxygen atoms in total. The molecule has 0 spiro atoms. The SMILES string of the molecule is C=CCNC(=O)Nc1ccc(NC(=O)COc2ccccc2Cc2ccccc2)cc1. The fourth-order valence-corrected chi connectivity index (χ4v) is 2.92. The number of rotatable bonds is 9. The summed E-state index contributed by atoms with van der Waals surface area (Å²) in [6.45, 7) is 3.83. The first kappa shape index (κ1) is 21.6. The Morgan fingerprint density at radius 1 is 0.839 bits per heavy atom. The van der Waals surface area contributed by atoms with E-state index in [9.17, 15) is 9.59 Å². The van der Waals surface area contributed by atoms with Crippen molar-refractivity contribution in [2.45, 2.75) is 6.42 Å². The van der Waals surface area contributed by atoms with Crippen molar-refractivity contribution in [1.29, 1.82) is 0 Å². The van der Waals surface area contributed by atoms with Crippen molar-refractivity contribution in [2.24, 2.45) is 0 Å². The molecule has 6 heteroatoms. The van der Waals surface area contributed by atoms with Gasteiger partial charge in [0.15, 0.2) is 6.61 Å². The second-order valence-electron chi connectivity index (χ2n) is 6.81.